The van der Waals surface area contributed by atoms with Gasteiger partial charge in [-0.05, 0) is 38.0 Å². The molecular formula is C14H20ClN3O2. The quantitative estimate of drug-likeness (QED) is 0.387. The zero-order chi connectivity index (χ0) is 14.5. The molecule has 1 aromatic carbocycles. The first-order valence-electron chi connectivity index (χ1n) is 6.79. The highest BCUT2D eigenvalue weighted by Crippen LogP contribution is 2.29. The van der Waals surface area contributed by atoms with Crippen LogP contribution in [-0.2, 0) is 4.74 Å². The molecule has 5 nitrogen and oxygen atoms in total. The van der Waals surface area contributed by atoms with Crippen molar-refractivity contribution >= 4 is 23.1 Å². The van der Waals surface area contributed by atoms with Gasteiger partial charge in [0.05, 0.1) is 16.8 Å². The van der Waals surface area contributed by atoms with Gasteiger partial charge in [-0.2, -0.15) is 0 Å². The summed E-state index contributed by atoms with van der Waals surface area (Å²) in [6.45, 7) is 4.55. The molecule has 110 valence electrons. The number of piperidine rings is 1. The van der Waals surface area contributed by atoms with Crippen LogP contribution in [0.3, 0.4) is 0 Å². The Kier molecular flexibility index (Phi) is 5.09. The minimum Gasteiger partial charge on any atom is -0.409 e. The Morgan fingerprint density at radius 2 is 2.40 bits per heavy atom. The van der Waals surface area contributed by atoms with E-state index in [4.69, 9.17) is 27.3 Å². The van der Waals surface area contributed by atoms with Gasteiger partial charge in [-0.3, -0.25) is 0 Å². The van der Waals surface area contributed by atoms with E-state index in [0.717, 1.165) is 38.2 Å². The van der Waals surface area contributed by atoms with E-state index in [1.54, 1.807) is 12.1 Å². The van der Waals surface area contributed by atoms with E-state index in [2.05, 4.69) is 10.1 Å². The van der Waals surface area contributed by atoms with Crippen LogP contribution in [0.1, 0.15) is 25.3 Å². The number of oxime groups is 1. The van der Waals surface area contributed by atoms with Crippen LogP contribution in [0.2, 0.25) is 5.02 Å². The first kappa shape index (κ1) is 14.9. The normalized spacial score (nSPS) is 20.2. The first-order valence-corrected chi connectivity index (χ1v) is 7.17. The van der Waals surface area contributed by atoms with Crippen molar-refractivity contribution in [3.8, 4) is 0 Å². The van der Waals surface area contributed by atoms with Gasteiger partial charge in [-0.15, -0.1) is 0 Å². The molecule has 1 fully saturated rings. The molecule has 6 heteroatoms. The van der Waals surface area contributed by atoms with Gasteiger partial charge < -0.3 is 20.6 Å². The maximum atomic E-state index is 8.68. The molecule has 0 aliphatic carbocycles. The third-order valence-corrected chi connectivity index (χ3v) is 3.78. The maximum absolute atomic E-state index is 8.68. The van der Waals surface area contributed by atoms with E-state index >= 15 is 0 Å². The average molecular weight is 298 g/mol. The Morgan fingerprint density at radius 3 is 3.05 bits per heavy atom. The van der Waals surface area contributed by atoms with E-state index in [9.17, 15) is 0 Å². The lowest BCUT2D eigenvalue weighted by atomic mass is 10.1. The Labute approximate surface area is 124 Å². The van der Waals surface area contributed by atoms with Crippen molar-refractivity contribution in [1.82, 2.24) is 0 Å². The third kappa shape index (κ3) is 3.35. The van der Waals surface area contributed by atoms with Crippen LogP contribution in [0.5, 0.6) is 0 Å². The second-order valence-corrected chi connectivity index (χ2v) is 5.22. The number of nitrogens with zero attached hydrogens (tertiary/aromatic N) is 2. The Bertz CT molecular complexity index is 491. The molecule has 20 heavy (non-hydrogen) atoms. The van der Waals surface area contributed by atoms with Crippen LogP contribution in [-0.4, -0.2) is 36.8 Å². The predicted octanol–water partition coefficient (Wildman–Crippen LogP) is 2.44. The fraction of sp³-hybridized carbons (Fsp3) is 0.500. The molecule has 1 atom stereocenters. The molecule has 0 radical (unpaired) electrons. The van der Waals surface area contributed by atoms with Gasteiger partial charge >= 0.3 is 0 Å². The summed E-state index contributed by atoms with van der Waals surface area (Å²) in [5, 5.41) is 12.3. The molecule has 1 aliphatic rings. The SMILES string of the molecule is CCOC1CCCN(c2ccc(C(N)=NO)cc2Cl)C1. The summed E-state index contributed by atoms with van der Waals surface area (Å²) < 4.78 is 5.70. The molecule has 1 aliphatic heterocycles. The van der Waals surface area contributed by atoms with Gasteiger partial charge in [0, 0.05) is 25.3 Å². The number of hydrogen-bond donors (Lipinski definition) is 2. The van der Waals surface area contributed by atoms with Crippen molar-refractivity contribution in [2.75, 3.05) is 24.6 Å². The summed E-state index contributed by atoms with van der Waals surface area (Å²) in [5.74, 6) is 0.0595. The van der Waals surface area contributed by atoms with Crippen LogP contribution in [0.15, 0.2) is 23.4 Å². The second kappa shape index (κ2) is 6.81. The zero-order valence-electron chi connectivity index (χ0n) is 11.6. The van der Waals surface area contributed by atoms with Crippen molar-refractivity contribution in [2.45, 2.75) is 25.9 Å². The molecule has 0 aromatic heterocycles. The molecule has 1 aromatic rings. The molecule has 0 saturated carbocycles. The average Bonchev–Trinajstić information content (AvgIpc) is 2.47. The van der Waals surface area contributed by atoms with Gasteiger partial charge in [-0.1, -0.05) is 16.8 Å². The number of halogens is 1. The van der Waals surface area contributed by atoms with E-state index in [-0.39, 0.29) is 11.9 Å². The smallest absolute Gasteiger partial charge is 0.170 e. The summed E-state index contributed by atoms with van der Waals surface area (Å²) in [7, 11) is 0. The van der Waals surface area contributed by atoms with Crippen LogP contribution in [0, 0.1) is 0 Å². The highest BCUT2D eigenvalue weighted by molar-refractivity contribution is 6.33. The minimum absolute atomic E-state index is 0.0595. The van der Waals surface area contributed by atoms with Crippen LogP contribution < -0.4 is 10.6 Å². The van der Waals surface area contributed by atoms with Gasteiger partial charge in [-0.25, -0.2) is 0 Å². The lowest BCUT2D eigenvalue weighted by molar-refractivity contribution is 0.0527. The largest absolute Gasteiger partial charge is 0.409 e. The molecule has 0 bridgehead atoms. The topological polar surface area (TPSA) is 71.1 Å². The summed E-state index contributed by atoms with van der Waals surface area (Å²) in [6.07, 6.45) is 2.43. The predicted molar refractivity (Wildman–Crippen MR) is 80.8 cm³/mol. The van der Waals surface area contributed by atoms with Crippen LogP contribution in [0.25, 0.3) is 0 Å². The van der Waals surface area contributed by atoms with Gasteiger partial charge in [0.2, 0.25) is 0 Å². The summed E-state index contributed by atoms with van der Waals surface area (Å²) in [4.78, 5) is 2.22. The highest BCUT2D eigenvalue weighted by atomic mass is 35.5. The number of anilines is 1. The Hall–Kier alpha value is -1.46. The number of rotatable bonds is 4. The lowest BCUT2D eigenvalue weighted by Gasteiger charge is -2.34. The molecule has 2 rings (SSSR count). The summed E-state index contributed by atoms with van der Waals surface area (Å²) in [6, 6.07) is 5.43. The number of ether oxygens (including phenoxy) is 1. The first-order chi connectivity index (χ1) is 9.65. The fourth-order valence-corrected chi connectivity index (χ4v) is 2.81. The molecule has 1 heterocycles. The molecule has 1 saturated heterocycles. The molecular weight excluding hydrogens is 278 g/mol. The van der Waals surface area contributed by atoms with Crippen molar-refractivity contribution < 1.29 is 9.94 Å². The lowest BCUT2D eigenvalue weighted by Crippen LogP contribution is -2.39. The number of amidine groups is 1. The number of nitrogens with two attached hydrogens (primary N) is 1. The van der Waals surface area contributed by atoms with E-state index in [1.807, 2.05) is 13.0 Å². The molecule has 0 amide bonds. The monoisotopic (exact) mass is 297 g/mol. The Morgan fingerprint density at radius 1 is 1.60 bits per heavy atom. The third-order valence-electron chi connectivity index (χ3n) is 3.47. The number of hydrogen-bond acceptors (Lipinski definition) is 4. The van der Waals surface area contributed by atoms with E-state index < -0.39 is 0 Å². The van der Waals surface area contributed by atoms with Crippen molar-refractivity contribution in [3.63, 3.8) is 0 Å². The van der Waals surface area contributed by atoms with Crippen molar-refractivity contribution in [2.24, 2.45) is 10.9 Å². The standard InChI is InChI=1S/C14H20ClN3O2/c1-2-20-11-4-3-7-18(9-11)13-6-5-10(8-12(13)15)14(16)17-19/h5-6,8,11,19H,2-4,7,9H2,1H3,(H2,16,17). The fourth-order valence-electron chi connectivity index (χ4n) is 2.51. The summed E-state index contributed by atoms with van der Waals surface area (Å²) in [5.41, 5.74) is 7.14. The molecule has 0 spiro atoms. The van der Waals surface area contributed by atoms with Crippen LogP contribution in [0.4, 0.5) is 5.69 Å². The van der Waals surface area contributed by atoms with Gasteiger partial charge in [0.25, 0.3) is 0 Å². The summed E-state index contributed by atoms with van der Waals surface area (Å²) >= 11 is 6.31. The molecule has 1 unspecified atom stereocenters. The van der Waals surface area contributed by atoms with Crippen molar-refractivity contribution in [3.05, 3.63) is 28.8 Å². The van der Waals surface area contributed by atoms with Crippen LogP contribution >= 0.6 is 11.6 Å². The molecule has 3 N–H and O–H groups in total. The van der Waals surface area contributed by atoms with Gasteiger partial charge in [0.15, 0.2) is 5.84 Å². The second-order valence-electron chi connectivity index (χ2n) is 4.82. The zero-order valence-corrected chi connectivity index (χ0v) is 12.3. The Balaban J connectivity index is 2.16. The minimum atomic E-state index is 0.0595. The maximum Gasteiger partial charge on any atom is 0.170 e. The van der Waals surface area contributed by atoms with E-state index in [0.29, 0.717) is 10.6 Å². The highest BCUT2D eigenvalue weighted by Gasteiger charge is 2.22. The van der Waals surface area contributed by atoms with Crippen molar-refractivity contribution in [1.29, 1.82) is 0 Å². The van der Waals surface area contributed by atoms with E-state index in [1.165, 1.54) is 0 Å². The van der Waals surface area contributed by atoms with Gasteiger partial charge in [0.1, 0.15) is 0 Å². The number of benzene rings is 1.